The molecule has 1 aliphatic heterocycles. The van der Waals surface area contributed by atoms with Crippen molar-refractivity contribution in [2.24, 2.45) is 0 Å². The minimum atomic E-state index is -3.26. The first-order chi connectivity index (χ1) is 16.4. The van der Waals surface area contributed by atoms with Crippen molar-refractivity contribution in [3.8, 4) is 11.7 Å². The van der Waals surface area contributed by atoms with Crippen LogP contribution < -0.4 is 9.64 Å². The van der Waals surface area contributed by atoms with Crippen LogP contribution in [0.4, 0.5) is 5.95 Å². The molecule has 0 bridgehead atoms. The van der Waals surface area contributed by atoms with Crippen molar-refractivity contribution in [1.29, 1.82) is 0 Å². The molecule has 34 heavy (non-hydrogen) atoms. The quantitative estimate of drug-likeness (QED) is 0.416. The number of fused-ring (bicyclic) bond motifs is 1. The molecule has 1 saturated heterocycles. The molecule has 3 aromatic heterocycles. The van der Waals surface area contributed by atoms with E-state index in [0.717, 1.165) is 54.8 Å². The molecule has 0 radical (unpaired) electrons. The van der Waals surface area contributed by atoms with Crippen molar-refractivity contribution < 1.29 is 13.2 Å². The van der Waals surface area contributed by atoms with E-state index in [4.69, 9.17) is 4.74 Å². The van der Waals surface area contributed by atoms with E-state index in [1.165, 1.54) is 12.6 Å². The Balaban J connectivity index is 1.28. The van der Waals surface area contributed by atoms with Gasteiger partial charge in [-0.15, -0.1) is 0 Å². The first-order valence-electron chi connectivity index (χ1n) is 11.3. The molecule has 1 aliphatic rings. The van der Waals surface area contributed by atoms with Crippen LogP contribution in [0, 0.1) is 0 Å². The largest absolute Gasteiger partial charge is 0.474 e. The van der Waals surface area contributed by atoms with Gasteiger partial charge in [-0.1, -0.05) is 6.92 Å². The summed E-state index contributed by atoms with van der Waals surface area (Å²) in [5.41, 5.74) is 1.99. The maximum Gasteiger partial charge on any atom is 0.225 e. The first-order valence-corrected chi connectivity index (χ1v) is 13.2. The van der Waals surface area contributed by atoms with E-state index in [1.54, 1.807) is 18.2 Å². The standard InChI is InChI=1S/C24H26N6O3S/c1-3-17-14-25-24(26-15-17)29-9-7-19(8-10-29)33-23-13-22(27-16-28-23)30-11-6-18-12-20(34(2,31)32)4-5-21(18)30/h4-6,11-16,19H,3,7-10H2,1-2H3. The Morgan fingerprint density at radius 3 is 2.50 bits per heavy atom. The Kier molecular flexibility index (Phi) is 5.91. The molecule has 0 atom stereocenters. The predicted molar refractivity (Wildman–Crippen MR) is 129 cm³/mol. The van der Waals surface area contributed by atoms with Crippen molar-refractivity contribution >= 4 is 26.7 Å². The highest BCUT2D eigenvalue weighted by molar-refractivity contribution is 7.90. The zero-order valence-electron chi connectivity index (χ0n) is 19.1. The Morgan fingerprint density at radius 2 is 1.79 bits per heavy atom. The number of nitrogens with zero attached hydrogens (tertiary/aromatic N) is 6. The highest BCUT2D eigenvalue weighted by atomic mass is 32.2. The zero-order chi connectivity index (χ0) is 23.7. The second kappa shape index (κ2) is 9.02. The lowest BCUT2D eigenvalue weighted by Crippen LogP contribution is -2.39. The summed E-state index contributed by atoms with van der Waals surface area (Å²) in [5.74, 6) is 1.94. The number of benzene rings is 1. The van der Waals surface area contributed by atoms with Gasteiger partial charge in [-0.05, 0) is 36.2 Å². The number of hydrogen-bond donors (Lipinski definition) is 0. The third-order valence-corrected chi connectivity index (χ3v) is 7.19. The average molecular weight is 479 g/mol. The minimum Gasteiger partial charge on any atom is -0.474 e. The van der Waals surface area contributed by atoms with E-state index in [2.05, 4.69) is 31.8 Å². The second-order valence-corrected chi connectivity index (χ2v) is 10.5. The number of aryl methyl sites for hydroxylation is 1. The van der Waals surface area contributed by atoms with Gasteiger partial charge < -0.3 is 14.2 Å². The second-order valence-electron chi connectivity index (χ2n) is 8.44. The van der Waals surface area contributed by atoms with E-state index in [9.17, 15) is 8.42 Å². The summed E-state index contributed by atoms with van der Waals surface area (Å²) in [4.78, 5) is 20.1. The van der Waals surface area contributed by atoms with Crippen LogP contribution in [0.1, 0.15) is 25.3 Å². The van der Waals surface area contributed by atoms with Crippen molar-refractivity contribution in [2.75, 3.05) is 24.2 Å². The SMILES string of the molecule is CCc1cnc(N2CCC(Oc3cc(-n4ccc5cc(S(C)(=O)=O)ccc54)ncn3)CC2)nc1. The van der Waals surface area contributed by atoms with Crippen LogP contribution in [0.5, 0.6) is 5.88 Å². The monoisotopic (exact) mass is 478 g/mol. The molecule has 176 valence electrons. The van der Waals surface area contributed by atoms with Crippen LogP contribution in [0.15, 0.2) is 60.1 Å². The predicted octanol–water partition coefficient (Wildman–Crippen LogP) is 3.22. The van der Waals surface area contributed by atoms with Gasteiger partial charge in [-0.2, -0.15) is 0 Å². The lowest BCUT2D eigenvalue weighted by Gasteiger charge is -2.31. The number of hydrogen-bond acceptors (Lipinski definition) is 8. The van der Waals surface area contributed by atoms with E-state index < -0.39 is 9.84 Å². The molecule has 0 aliphatic carbocycles. The van der Waals surface area contributed by atoms with Crippen molar-refractivity contribution in [3.05, 3.63) is 60.8 Å². The van der Waals surface area contributed by atoms with Crippen LogP contribution in [0.2, 0.25) is 0 Å². The summed E-state index contributed by atoms with van der Waals surface area (Å²) >= 11 is 0. The molecule has 5 rings (SSSR count). The Morgan fingerprint density at radius 1 is 1.03 bits per heavy atom. The number of aromatic nitrogens is 5. The molecule has 0 amide bonds. The third-order valence-electron chi connectivity index (χ3n) is 6.08. The topological polar surface area (TPSA) is 103 Å². The van der Waals surface area contributed by atoms with E-state index in [1.807, 2.05) is 35.3 Å². The summed E-state index contributed by atoms with van der Waals surface area (Å²) in [6.07, 6.45) is 11.0. The fourth-order valence-electron chi connectivity index (χ4n) is 4.12. The number of anilines is 1. The highest BCUT2D eigenvalue weighted by Gasteiger charge is 2.23. The fraction of sp³-hybridized carbons (Fsp3) is 0.333. The van der Waals surface area contributed by atoms with Gasteiger partial charge in [0.2, 0.25) is 11.8 Å². The summed E-state index contributed by atoms with van der Waals surface area (Å²) in [6.45, 7) is 3.73. The molecular weight excluding hydrogens is 452 g/mol. The van der Waals surface area contributed by atoms with Crippen molar-refractivity contribution in [1.82, 2.24) is 24.5 Å². The lowest BCUT2D eigenvalue weighted by molar-refractivity contribution is 0.163. The maximum atomic E-state index is 11.9. The molecule has 0 saturated carbocycles. The fourth-order valence-corrected chi connectivity index (χ4v) is 4.77. The molecule has 4 heterocycles. The normalized spacial score (nSPS) is 15.1. The Bertz CT molecular complexity index is 1410. The summed E-state index contributed by atoms with van der Waals surface area (Å²) < 4.78 is 31.8. The molecule has 10 heteroatoms. The van der Waals surface area contributed by atoms with Gasteiger partial charge in [0.05, 0.1) is 10.4 Å². The van der Waals surface area contributed by atoms with Gasteiger partial charge >= 0.3 is 0 Å². The summed E-state index contributed by atoms with van der Waals surface area (Å²) in [5, 5.41) is 0.825. The van der Waals surface area contributed by atoms with Crippen LogP contribution in [-0.4, -0.2) is 58.4 Å². The molecule has 0 unspecified atom stereocenters. The Hall–Kier alpha value is -3.53. The number of ether oxygens (including phenoxy) is 1. The van der Waals surface area contributed by atoms with Gasteiger partial charge in [-0.3, -0.25) is 0 Å². The van der Waals surface area contributed by atoms with Crippen LogP contribution >= 0.6 is 0 Å². The molecule has 1 fully saturated rings. The number of rotatable bonds is 6. The minimum absolute atomic E-state index is 0.0487. The highest BCUT2D eigenvalue weighted by Crippen LogP contribution is 2.25. The van der Waals surface area contributed by atoms with E-state index in [-0.39, 0.29) is 6.10 Å². The average Bonchev–Trinajstić information content (AvgIpc) is 3.28. The molecule has 4 aromatic rings. The summed E-state index contributed by atoms with van der Waals surface area (Å²) in [7, 11) is -3.26. The van der Waals surface area contributed by atoms with Gasteiger partial charge in [-0.25, -0.2) is 28.4 Å². The Labute approximate surface area is 198 Å². The van der Waals surface area contributed by atoms with Gasteiger partial charge in [0.15, 0.2) is 9.84 Å². The number of sulfone groups is 1. The third kappa shape index (κ3) is 4.58. The summed E-state index contributed by atoms with van der Waals surface area (Å²) in [6, 6.07) is 8.76. The van der Waals surface area contributed by atoms with Gasteiger partial charge in [0.25, 0.3) is 0 Å². The van der Waals surface area contributed by atoms with Crippen molar-refractivity contribution in [2.45, 2.75) is 37.2 Å². The van der Waals surface area contributed by atoms with Crippen LogP contribution in [-0.2, 0) is 16.3 Å². The molecule has 0 N–H and O–H groups in total. The maximum absolute atomic E-state index is 11.9. The molecule has 1 aromatic carbocycles. The lowest BCUT2D eigenvalue weighted by atomic mass is 10.1. The van der Waals surface area contributed by atoms with Crippen LogP contribution in [0.3, 0.4) is 0 Å². The van der Waals surface area contributed by atoms with Gasteiger partial charge in [0.1, 0.15) is 18.2 Å². The van der Waals surface area contributed by atoms with E-state index in [0.29, 0.717) is 16.6 Å². The smallest absolute Gasteiger partial charge is 0.225 e. The molecule has 9 nitrogen and oxygen atoms in total. The number of piperidine rings is 1. The molecule has 0 spiro atoms. The molecular formula is C24H26N6O3S. The van der Waals surface area contributed by atoms with Crippen molar-refractivity contribution in [3.63, 3.8) is 0 Å². The van der Waals surface area contributed by atoms with E-state index >= 15 is 0 Å². The zero-order valence-corrected chi connectivity index (χ0v) is 19.9. The van der Waals surface area contributed by atoms with Gasteiger partial charge in [0, 0.05) is 62.2 Å². The van der Waals surface area contributed by atoms with Crippen LogP contribution in [0.25, 0.3) is 16.7 Å². The first kappa shape index (κ1) is 22.3.